The second-order valence-corrected chi connectivity index (χ2v) is 6.67. The summed E-state index contributed by atoms with van der Waals surface area (Å²) in [6, 6.07) is 0. The number of rotatable bonds is 5. The van der Waals surface area contributed by atoms with Gasteiger partial charge in [0, 0.05) is 19.3 Å². The molecule has 2 rings (SSSR count). The van der Waals surface area contributed by atoms with Crippen molar-refractivity contribution in [3.05, 3.63) is 12.0 Å². The number of aryl methyl sites for hydroxylation is 2. The Hall–Kier alpha value is -0.920. The van der Waals surface area contributed by atoms with Crippen LogP contribution >= 0.6 is 0 Å². The maximum atomic E-state index is 12.2. The molecule has 6 nitrogen and oxygen atoms in total. The Morgan fingerprint density at radius 2 is 2.16 bits per heavy atom. The van der Waals surface area contributed by atoms with Gasteiger partial charge in [-0.25, -0.2) is 18.1 Å². The van der Waals surface area contributed by atoms with Gasteiger partial charge in [-0.3, -0.25) is 0 Å². The lowest BCUT2D eigenvalue weighted by Crippen LogP contribution is -2.36. The molecule has 0 amide bonds. The quantitative estimate of drug-likeness (QED) is 0.826. The van der Waals surface area contributed by atoms with Gasteiger partial charge in [-0.15, -0.1) is 0 Å². The Balaban J connectivity index is 2.00. The summed E-state index contributed by atoms with van der Waals surface area (Å²) in [6.07, 6.45) is 3.63. The van der Waals surface area contributed by atoms with Gasteiger partial charge in [0.15, 0.2) is 5.03 Å². The number of nitrogens with one attached hydrogen (secondary N) is 2. The molecule has 0 radical (unpaired) electrons. The molecule has 19 heavy (non-hydrogen) atoms. The maximum Gasteiger partial charge on any atom is 0.259 e. The van der Waals surface area contributed by atoms with Crippen LogP contribution in [0.3, 0.4) is 0 Å². The summed E-state index contributed by atoms with van der Waals surface area (Å²) >= 11 is 0. The maximum absolute atomic E-state index is 12.2. The molecule has 2 N–H and O–H groups in total. The Morgan fingerprint density at radius 3 is 2.74 bits per heavy atom. The molecule has 1 fully saturated rings. The van der Waals surface area contributed by atoms with E-state index in [1.54, 1.807) is 6.20 Å². The van der Waals surface area contributed by atoms with E-state index in [2.05, 4.69) is 15.0 Å². The largest absolute Gasteiger partial charge is 0.334 e. The summed E-state index contributed by atoms with van der Waals surface area (Å²) in [7, 11) is -3.47. The van der Waals surface area contributed by atoms with Gasteiger partial charge in [0.2, 0.25) is 0 Å². The highest BCUT2D eigenvalue weighted by molar-refractivity contribution is 7.89. The molecular formula is C12H22N4O2S. The van der Waals surface area contributed by atoms with E-state index < -0.39 is 10.0 Å². The van der Waals surface area contributed by atoms with Crippen LogP contribution in [0, 0.1) is 12.8 Å². The molecule has 1 aliphatic heterocycles. The number of hydrogen-bond donors (Lipinski definition) is 2. The first-order valence-corrected chi connectivity index (χ1v) is 8.25. The molecule has 0 unspecified atom stereocenters. The molecule has 1 aliphatic rings. The first-order valence-electron chi connectivity index (χ1n) is 6.77. The number of piperidine rings is 1. The van der Waals surface area contributed by atoms with Gasteiger partial charge in [0.1, 0.15) is 5.82 Å². The van der Waals surface area contributed by atoms with E-state index in [0.717, 1.165) is 38.3 Å². The fourth-order valence-electron chi connectivity index (χ4n) is 2.32. The number of sulfonamides is 1. The molecule has 0 atom stereocenters. The van der Waals surface area contributed by atoms with Gasteiger partial charge >= 0.3 is 0 Å². The minimum Gasteiger partial charge on any atom is -0.334 e. The fraction of sp³-hybridized carbons (Fsp3) is 0.750. The summed E-state index contributed by atoms with van der Waals surface area (Å²) in [6.45, 7) is 6.94. The smallest absolute Gasteiger partial charge is 0.259 e. The van der Waals surface area contributed by atoms with Gasteiger partial charge < -0.3 is 9.88 Å². The van der Waals surface area contributed by atoms with Gasteiger partial charge in [-0.2, -0.15) is 0 Å². The zero-order valence-electron chi connectivity index (χ0n) is 11.5. The molecule has 2 heterocycles. The van der Waals surface area contributed by atoms with Crippen LogP contribution < -0.4 is 10.0 Å². The van der Waals surface area contributed by atoms with E-state index in [-0.39, 0.29) is 5.03 Å². The van der Waals surface area contributed by atoms with Crippen LogP contribution in [0.15, 0.2) is 11.2 Å². The van der Waals surface area contributed by atoms with Crippen molar-refractivity contribution < 1.29 is 8.42 Å². The van der Waals surface area contributed by atoms with Gasteiger partial charge in [0.25, 0.3) is 10.0 Å². The van der Waals surface area contributed by atoms with Crippen LogP contribution in [-0.4, -0.2) is 37.6 Å². The molecule has 1 saturated heterocycles. The average molecular weight is 286 g/mol. The first kappa shape index (κ1) is 14.5. The summed E-state index contributed by atoms with van der Waals surface area (Å²) in [5, 5.41) is 3.39. The van der Waals surface area contributed by atoms with Gasteiger partial charge in [0.05, 0.1) is 0 Å². The van der Waals surface area contributed by atoms with Crippen LogP contribution in [0.2, 0.25) is 0 Å². The highest BCUT2D eigenvalue weighted by Gasteiger charge is 2.21. The lowest BCUT2D eigenvalue weighted by molar-refractivity contribution is 0.372. The third-order valence-electron chi connectivity index (χ3n) is 3.59. The van der Waals surface area contributed by atoms with Crippen molar-refractivity contribution in [2.45, 2.75) is 38.3 Å². The minimum absolute atomic E-state index is 0.126. The van der Waals surface area contributed by atoms with E-state index in [1.807, 2.05) is 18.4 Å². The zero-order chi connectivity index (χ0) is 13.9. The highest BCUT2D eigenvalue weighted by Crippen LogP contribution is 2.13. The van der Waals surface area contributed by atoms with Crippen LogP contribution in [0.5, 0.6) is 0 Å². The molecule has 108 valence electrons. The fourth-order valence-corrected chi connectivity index (χ4v) is 3.44. The lowest BCUT2D eigenvalue weighted by Gasteiger charge is -2.22. The lowest BCUT2D eigenvalue weighted by atomic mass is 9.99. The first-order chi connectivity index (χ1) is 9.03. The highest BCUT2D eigenvalue weighted by atomic mass is 32.2. The summed E-state index contributed by atoms with van der Waals surface area (Å²) in [5.41, 5.74) is 0. The van der Waals surface area contributed by atoms with Crippen molar-refractivity contribution in [1.29, 1.82) is 0 Å². The van der Waals surface area contributed by atoms with Gasteiger partial charge in [-0.05, 0) is 45.7 Å². The van der Waals surface area contributed by atoms with E-state index >= 15 is 0 Å². The predicted molar refractivity (Wildman–Crippen MR) is 73.4 cm³/mol. The van der Waals surface area contributed by atoms with E-state index in [0.29, 0.717) is 12.5 Å². The number of nitrogens with zero attached hydrogens (tertiary/aromatic N) is 2. The van der Waals surface area contributed by atoms with Crippen molar-refractivity contribution in [1.82, 2.24) is 19.6 Å². The van der Waals surface area contributed by atoms with Crippen LogP contribution in [0.4, 0.5) is 0 Å². The minimum atomic E-state index is -3.47. The van der Waals surface area contributed by atoms with Crippen LogP contribution in [0.25, 0.3) is 0 Å². The Morgan fingerprint density at radius 1 is 1.47 bits per heavy atom. The third-order valence-corrected chi connectivity index (χ3v) is 4.88. The van der Waals surface area contributed by atoms with E-state index in [9.17, 15) is 8.42 Å². The molecule has 0 aliphatic carbocycles. The molecule has 0 saturated carbocycles. The topological polar surface area (TPSA) is 76.0 Å². The normalized spacial score (nSPS) is 17.8. The molecule has 0 spiro atoms. The molecule has 1 aromatic rings. The zero-order valence-corrected chi connectivity index (χ0v) is 12.3. The number of hydrogen-bond acceptors (Lipinski definition) is 4. The summed E-state index contributed by atoms with van der Waals surface area (Å²) in [5.74, 6) is 1.15. The van der Waals surface area contributed by atoms with Gasteiger partial charge in [-0.1, -0.05) is 0 Å². The monoisotopic (exact) mass is 286 g/mol. The van der Waals surface area contributed by atoms with Crippen LogP contribution in [-0.2, 0) is 16.6 Å². The van der Waals surface area contributed by atoms with Crippen molar-refractivity contribution >= 4 is 10.0 Å². The summed E-state index contributed by atoms with van der Waals surface area (Å²) in [4.78, 5) is 4.12. The number of aromatic nitrogens is 2. The van der Waals surface area contributed by atoms with E-state index in [4.69, 9.17) is 0 Å². The Bertz CT molecular complexity index is 518. The summed E-state index contributed by atoms with van der Waals surface area (Å²) < 4.78 is 28.8. The Kier molecular flexibility index (Phi) is 4.59. The van der Waals surface area contributed by atoms with Crippen molar-refractivity contribution in [3.63, 3.8) is 0 Å². The average Bonchev–Trinajstić information content (AvgIpc) is 2.80. The second kappa shape index (κ2) is 6.02. The second-order valence-electron chi connectivity index (χ2n) is 4.96. The number of imidazole rings is 1. The van der Waals surface area contributed by atoms with E-state index in [1.165, 1.54) is 0 Å². The molecule has 0 bridgehead atoms. The SMILES string of the molecule is CCn1cc(S(=O)(=O)NCC2CCNCC2)nc1C. The Labute approximate surface area is 114 Å². The molecule has 1 aromatic heterocycles. The van der Waals surface area contributed by atoms with Crippen molar-refractivity contribution in [2.75, 3.05) is 19.6 Å². The molecular weight excluding hydrogens is 264 g/mol. The van der Waals surface area contributed by atoms with Crippen molar-refractivity contribution in [3.8, 4) is 0 Å². The molecule has 7 heteroatoms. The van der Waals surface area contributed by atoms with Crippen molar-refractivity contribution in [2.24, 2.45) is 5.92 Å². The standard InChI is InChI=1S/C12H22N4O2S/c1-3-16-9-12(15-10(16)2)19(17,18)14-8-11-4-6-13-7-5-11/h9,11,13-14H,3-8H2,1-2H3. The van der Waals surface area contributed by atoms with Crippen LogP contribution in [0.1, 0.15) is 25.6 Å². The predicted octanol–water partition coefficient (Wildman–Crippen LogP) is 0.489. The third kappa shape index (κ3) is 3.55. The molecule has 0 aromatic carbocycles.